The van der Waals surface area contributed by atoms with Gasteiger partial charge in [-0.3, -0.25) is 4.99 Å². The zero-order valence-electron chi connectivity index (χ0n) is 8.31. The molecule has 1 unspecified atom stereocenters. The molecule has 1 fully saturated rings. The summed E-state index contributed by atoms with van der Waals surface area (Å²) in [7, 11) is 0. The van der Waals surface area contributed by atoms with Gasteiger partial charge >= 0.3 is 0 Å². The van der Waals surface area contributed by atoms with Gasteiger partial charge < -0.3 is 0 Å². The van der Waals surface area contributed by atoms with E-state index in [1.165, 1.54) is 42.1 Å². The van der Waals surface area contributed by atoms with E-state index in [2.05, 4.69) is 18.5 Å². The van der Waals surface area contributed by atoms with E-state index in [0.717, 1.165) is 6.54 Å². The number of aliphatic imine (C=N–C) groups is 1. The van der Waals surface area contributed by atoms with Crippen LogP contribution in [0.2, 0.25) is 0 Å². The van der Waals surface area contributed by atoms with Crippen molar-refractivity contribution in [3.05, 3.63) is 12.2 Å². The lowest BCUT2D eigenvalue weighted by Gasteiger charge is -2.34. The Morgan fingerprint density at radius 3 is 3.00 bits per heavy atom. The summed E-state index contributed by atoms with van der Waals surface area (Å²) in [6.07, 6.45) is 5.00. The molecule has 1 heterocycles. The molecule has 0 aromatic rings. The van der Waals surface area contributed by atoms with Crippen molar-refractivity contribution >= 4 is 16.8 Å². The first-order chi connectivity index (χ1) is 6.21. The van der Waals surface area contributed by atoms with E-state index < -0.39 is 0 Å². The topological polar surface area (TPSA) is 12.4 Å². The van der Waals surface area contributed by atoms with Crippen LogP contribution in [0.15, 0.2) is 17.1 Å². The third kappa shape index (κ3) is 1.83. The molecule has 0 spiro atoms. The molecule has 0 N–H and O–H groups in total. The van der Waals surface area contributed by atoms with Gasteiger partial charge in [-0.1, -0.05) is 19.1 Å². The fourth-order valence-corrected chi connectivity index (χ4v) is 3.42. The molecular weight excluding hydrogens is 178 g/mol. The van der Waals surface area contributed by atoms with Crippen LogP contribution in [0, 0.1) is 5.41 Å². The van der Waals surface area contributed by atoms with E-state index in [9.17, 15) is 0 Å². The third-order valence-corrected chi connectivity index (χ3v) is 4.28. The lowest BCUT2D eigenvalue weighted by Crippen LogP contribution is -2.28. The van der Waals surface area contributed by atoms with Gasteiger partial charge in [0, 0.05) is 17.7 Å². The van der Waals surface area contributed by atoms with Crippen LogP contribution in [0.3, 0.4) is 0 Å². The van der Waals surface area contributed by atoms with Gasteiger partial charge in [-0.05, 0) is 25.7 Å². The lowest BCUT2D eigenvalue weighted by molar-refractivity contribution is 0.373. The summed E-state index contributed by atoms with van der Waals surface area (Å²) < 4.78 is 0. The van der Waals surface area contributed by atoms with Crippen molar-refractivity contribution in [2.45, 2.75) is 32.6 Å². The highest BCUT2D eigenvalue weighted by Crippen LogP contribution is 2.43. The van der Waals surface area contributed by atoms with Crippen LogP contribution >= 0.6 is 11.8 Å². The van der Waals surface area contributed by atoms with Crippen molar-refractivity contribution in [1.29, 1.82) is 0 Å². The van der Waals surface area contributed by atoms with Crippen LogP contribution in [0.1, 0.15) is 32.6 Å². The first-order valence-electron chi connectivity index (χ1n) is 5.05. The fourth-order valence-electron chi connectivity index (χ4n) is 2.34. The molecule has 1 atom stereocenters. The predicted molar refractivity (Wildman–Crippen MR) is 60.5 cm³/mol. The number of thioether (sulfide) groups is 1. The summed E-state index contributed by atoms with van der Waals surface area (Å²) >= 11 is 1.96. The van der Waals surface area contributed by atoms with Gasteiger partial charge in [0.1, 0.15) is 0 Å². The highest BCUT2D eigenvalue weighted by molar-refractivity contribution is 8.14. The molecule has 13 heavy (non-hydrogen) atoms. The lowest BCUT2D eigenvalue weighted by atomic mass is 9.74. The third-order valence-electron chi connectivity index (χ3n) is 3.00. The highest BCUT2D eigenvalue weighted by atomic mass is 32.2. The van der Waals surface area contributed by atoms with E-state index in [1.807, 2.05) is 11.8 Å². The molecule has 0 saturated heterocycles. The molecule has 1 aliphatic heterocycles. The number of rotatable bonds is 1. The first-order valence-corrected chi connectivity index (χ1v) is 6.04. The molecule has 2 rings (SSSR count). The summed E-state index contributed by atoms with van der Waals surface area (Å²) in [4.78, 5) is 4.60. The van der Waals surface area contributed by atoms with E-state index >= 15 is 0 Å². The second kappa shape index (κ2) is 3.49. The minimum absolute atomic E-state index is 0.344. The first kappa shape index (κ1) is 9.32. The summed E-state index contributed by atoms with van der Waals surface area (Å²) in [6.45, 7) is 7.50. The maximum Gasteiger partial charge on any atom is 0.0739 e. The van der Waals surface area contributed by atoms with Crippen LogP contribution < -0.4 is 0 Å². The summed E-state index contributed by atoms with van der Waals surface area (Å²) in [5.41, 5.74) is 1.76. The second-order valence-corrected chi connectivity index (χ2v) is 5.46. The van der Waals surface area contributed by atoms with Crippen LogP contribution in [-0.4, -0.2) is 17.3 Å². The van der Waals surface area contributed by atoms with Crippen molar-refractivity contribution in [1.82, 2.24) is 0 Å². The second-order valence-electron chi connectivity index (χ2n) is 4.38. The van der Waals surface area contributed by atoms with Gasteiger partial charge in [0.2, 0.25) is 0 Å². The zero-order chi connectivity index (χ0) is 9.31. The minimum atomic E-state index is 0.344. The molecule has 0 amide bonds. The highest BCUT2D eigenvalue weighted by Gasteiger charge is 2.35. The SMILES string of the molecule is C=C1CCCC(C)(C2=NCCS2)C1. The number of nitrogens with zero attached hydrogens (tertiary/aromatic N) is 1. The summed E-state index contributed by atoms with van der Waals surface area (Å²) in [6, 6.07) is 0. The molecule has 0 radical (unpaired) electrons. The minimum Gasteiger partial charge on any atom is -0.281 e. The predicted octanol–water partition coefficient (Wildman–Crippen LogP) is 3.27. The Bertz CT molecular complexity index is 257. The van der Waals surface area contributed by atoms with Crippen LogP contribution in [-0.2, 0) is 0 Å². The maximum atomic E-state index is 4.60. The smallest absolute Gasteiger partial charge is 0.0739 e. The van der Waals surface area contributed by atoms with Gasteiger partial charge in [0.25, 0.3) is 0 Å². The average Bonchev–Trinajstić information content (AvgIpc) is 2.55. The Labute approximate surface area is 84.7 Å². The number of allylic oxidation sites excluding steroid dienone is 1. The average molecular weight is 195 g/mol. The Morgan fingerprint density at radius 1 is 1.54 bits per heavy atom. The molecule has 1 aliphatic carbocycles. The van der Waals surface area contributed by atoms with Gasteiger partial charge in [0.15, 0.2) is 0 Å². The van der Waals surface area contributed by atoms with Gasteiger partial charge in [-0.25, -0.2) is 0 Å². The monoisotopic (exact) mass is 195 g/mol. The zero-order valence-corrected chi connectivity index (χ0v) is 9.12. The molecule has 1 nitrogen and oxygen atoms in total. The largest absolute Gasteiger partial charge is 0.281 e. The van der Waals surface area contributed by atoms with Crippen LogP contribution in [0.5, 0.6) is 0 Å². The molecule has 72 valence electrons. The number of hydrogen-bond acceptors (Lipinski definition) is 2. The molecule has 1 saturated carbocycles. The van der Waals surface area contributed by atoms with Gasteiger partial charge in [-0.2, -0.15) is 0 Å². The molecule has 0 aromatic heterocycles. The standard InChI is InChI=1S/C11H17NS/c1-9-4-3-5-11(2,8-9)10-12-6-7-13-10/h1,3-8H2,2H3. The summed E-state index contributed by atoms with van der Waals surface area (Å²) in [5.74, 6) is 1.19. The number of hydrogen-bond donors (Lipinski definition) is 0. The Morgan fingerprint density at radius 2 is 2.38 bits per heavy atom. The normalized spacial score (nSPS) is 34.8. The van der Waals surface area contributed by atoms with E-state index in [4.69, 9.17) is 0 Å². The Balaban J connectivity index is 2.13. The molecule has 2 aliphatic rings. The molecular formula is C11H17NS. The van der Waals surface area contributed by atoms with Crippen molar-refractivity contribution in [3.8, 4) is 0 Å². The Hall–Kier alpha value is -0.240. The van der Waals surface area contributed by atoms with Gasteiger partial charge in [-0.15, -0.1) is 11.8 Å². The van der Waals surface area contributed by atoms with Gasteiger partial charge in [0.05, 0.1) is 5.04 Å². The van der Waals surface area contributed by atoms with Crippen LogP contribution in [0.4, 0.5) is 0 Å². The van der Waals surface area contributed by atoms with Crippen molar-refractivity contribution in [3.63, 3.8) is 0 Å². The van der Waals surface area contributed by atoms with E-state index in [-0.39, 0.29) is 0 Å². The summed E-state index contributed by atoms with van der Waals surface area (Å²) in [5, 5.41) is 1.40. The fraction of sp³-hybridized carbons (Fsp3) is 0.727. The Kier molecular flexibility index (Phi) is 2.50. The van der Waals surface area contributed by atoms with Crippen molar-refractivity contribution < 1.29 is 0 Å². The van der Waals surface area contributed by atoms with E-state index in [1.54, 1.807) is 0 Å². The van der Waals surface area contributed by atoms with E-state index in [0.29, 0.717) is 5.41 Å². The quantitative estimate of drug-likeness (QED) is 0.585. The maximum absolute atomic E-state index is 4.60. The molecule has 0 aromatic carbocycles. The molecule has 2 heteroatoms. The van der Waals surface area contributed by atoms with Crippen molar-refractivity contribution in [2.24, 2.45) is 10.4 Å². The van der Waals surface area contributed by atoms with Crippen molar-refractivity contribution in [2.75, 3.05) is 12.3 Å². The van der Waals surface area contributed by atoms with Crippen LogP contribution in [0.25, 0.3) is 0 Å². The molecule has 0 bridgehead atoms.